The van der Waals surface area contributed by atoms with E-state index in [1.165, 1.54) is 0 Å². The van der Waals surface area contributed by atoms with E-state index >= 15 is 0 Å². The van der Waals surface area contributed by atoms with Gasteiger partial charge in [0.2, 0.25) is 0 Å². The summed E-state index contributed by atoms with van der Waals surface area (Å²) in [7, 11) is 0. The molecule has 0 unspecified atom stereocenters. The molecule has 0 saturated carbocycles. The number of benzene rings is 2. The van der Waals surface area contributed by atoms with Gasteiger partial charge in [-0.2, -0.15) is 0 Å². The van der Waals surface area contributed by atoms with Crippen LogP contribution in [0.25, 0.3) is 0 Å². The van der Waals surface area contributed by atoms with Crippen LogP contribution in [0.3, 0.4) is 0 Å². The number of fused-ring (bicyclic) bond motifs is 1. The van der Waals surface area contributed by atoms with Crippen molar-refractivity contribution in [1.82, 2.24) is 5.32 Å². The number of carboxylic acid groups (broad SMARTS) is 1. The molecule has 126 valence electrons. The van der Waals surface area contributed by atoms with Gasteiger partial charge in [0.1, 0.15) is 6.04 Å². The zero-order valence-electron chi connectivity index (χ0n) is 13.7. The van der Waals surface area contributed by atoms with E-state index in [9.17, 15) is 15.0 Å². The van der Waals surface area contributed by atoms with Crippen LogP contribution >= 0.6 is 0 Å². The fourth-order valence-electron chi connectivity index (χ4n) is 3.60. The van der Waals surface area contributed by atoms with Crippen LogP contribution in [0.15, 0.2) is 54.6 Å². The Bertz CT molecular complexity index is 701. The summed E-state index contributed by atoms with van der Waals surface area (Å²) in [6.07, 6.45) is 0.693. The number of carbonyl (C=O) groups is 1. The molecule has 0 heterocycles. The molecule has 2 aromatic carbocycles. The Morgan fingerprint density at radius 2 is 1.79 bits per heavy atom. The van der Waals surface area contributed by atoms with Gasteiger partial charge in [-0.25, -0.2) is 0 Å². The molecular weight excluding hydrogens is 302 g/mol. The quantitative estimate of drug-likeness (QED) is 0.790. The van der Waals surface area contributed by atoms with E-state index in [0.717, 1.165) is 23.1 Å². The summed E-state index contributed by atoms with van der Waals surface area (Å²) in [6.45, 7) is 1.95. The number of nitrogens with one attached hydrogen (secondary N) is 1. The largest absolute Gasteiger partial charge is 0.480 e. The molecule has 1 aliphatic rings. The maximum atomic E-state index is 11.8. The molecule has 1 aliphatic carbocycles. The molecular formula is C20H23NO3. The number of aryl methyl sites for hydroxylation is 1. The first-order chi connectivity index (χ1) is 11.6. The average molecular weight is 325 g/mol. The van der Waals surface area contributed by atoms with Crippen LogP contribution in [0, 0.1) is 5.92 Å². The van der Waals surface area contributed by atoms with E-state index in [0.29, 0.717) is 6.42 Å². The Labute approximate surface area is 142 Å². The first kappa shape index (κ1) is 16.7. The fraction of sp³-hybridized carbons (Fsp3) is 0.350. The summed E-state index contributed by atoms with van der Waals surface area (Å²) < 4.78 is 0. The minimum absolute atomic E-state index is 0.100. The summed E-state index contributed by atoms with van der Waals surface area (Å²) in [5.41, 5.74) is 3.00. The van der Waals surface area contributed by atoms with Crippen molar-refractivity contribution in [3.05, 3.63) is 71.3 Å². The maximum Gasteiger partial charge on any atom is 0.321 e. The van der Waals surface area contributed by atoms with Gasteiger partial charge in [0.05, 0.1) is 6.10 Å². The van der Waals surface area contributed by atoms with Gasteiger partial charge in [-0.15, -0.1) is 0 Å². The fourth-order valence-corrected chi connectivity index (χ4v) is 3.60. The highest BCUT2D eigenvalue weighted by Crippen LogP contribution is 2.36. The second kappa shape index (κ2) is 7.16. The van der Waals surface area contributed by atoms with Crippen molar-refractivity contribution < 1.29 is 15.0 Å². The van der Waals surface area contributed by atoms with Crippen LogP contribution in [0.5, 0.6) is 0 Å². The third kappa shape index (κ3) is 3.35. The van der Waals surface area contributed by atoms with Crippen molar-refractivity contribution in [2.24, 2.45) is 5.92 Å². The Balaban J connectivity index is 1.80. The molecule has 4 nitrogen and oxygen atoms in total. The smallest absolute Gasteiger partial charge is 0.321 e. The number of aliphatic carboxylic acids is 1. The molecule has 2 aromatic rings. The zero-order valence-corrected chi connectivity index (χ0v) is 13.7. The molecule has 0 spiro atoms. The Kier molecular flexibility index (Phi) is 4.97. The summed E-state index contributed by atoms with van der Waals surface area (Å²) in [5, 5.41) is 23.6. The highest BCUT2D eigenvalue weighted by molar-refractivity contribution is 5.74. The van der Waals surface area contributed by atoms with Crippen LogP contribution in [-0.2, 0) is 11.2 Å². The number of carboxylic acids is 1. The first-order valence-corrected chi connectivity index (χ1v) is 8.37. The molecule has 0 fully saturated rings. The Hall–Kier alpha value is -2.17. The van der Waals surface area contributed by atoms with Crippen molar-refractivity contribution in [3.8, 4) is 0 Å². The van der Waals surface area contributed by atoms with E-state index in [4.69, 9.17) is 0 Å². The summed E-state index contributed by atoms with van der Waals surface area (Å²) in [6, 6.07) is 16.6. The van der Waals surface area contributed by atoms with Gasteiger partial charge in [0.25, 0.3) is 0 Å². The standard InChI is InChI=1S/C20H23NO3/c1-13(14-7-3-2-4-8-14)21-18(20(23)24)17-12-11-15-9-5-6-10-16(15)19(17)22/h2-10,13,17-19,21-22H,11-12H2,1H3,(H,23,24)/t13-,17+,18-,19-/m1/s1. The molecule has 4 heteroatoms. The monoisotopic (exact) mass is 325 g/mol. The van der Waals surface area contributed by atoms with Gasteiger partial charge in [0, 0.05) is 12.0 Å². The van der Waals surface area contributed by atoms with Crippen LogP contribution in [-0.4, -0.2) is 22.2 Å². The van der Waals surface area contributed by atoms with E-state index in [1.54, 1.807) is 0 Å². The lowest BCUT2D eigenvalue weighted by molar-refractivity contribution is -0.143. The molecule has 3 rings (SSSR count). The van der Waals surface area contributed by atoms with Crippen molar-refractivity contribution in [1.29, 1.82) is 0 Å². The number of aliphatic hydroxyl groups is 1. The number of hydrogen-bond donors (Lipinski definition) is 3. The molecule has 4 atom stereocenters. The van der Waals surface area contributed by atoms with Crippen molar-refractivity contribution >= 4 is 5.97 Å². The molecule has 0 radical (unpaired) electrons. The normalized spacial score (nSPS) is 22.4. The summed E-state index contributed by atoms with van der Waals surface area (Å²) in [5.74, 6) is -1.26. The predicted octanol–water partition coefficient (Wildman–Crippen LogP) is 3.09. The lowest BCUT2D eigenvalue weighted by atomic mass is 9.77. The van der Waals surface area contributed by atoms with Crippen molar-refractivity contribution in [2.45, 2.75) is 38.0 Å². The molecule has 0 aliphatic heterocycles. The topological polar surface area (TPSA) is 69.6 Å². The van der Waals surface area contributed by atoms with Gasteiger partial charge in [-0.05, 0) is 36.5 Å². The van der Waals surface area contributed by atoms with Gasteiger partial charge < -0.3 is 10.2 Å². The molecule has 3 N–H and O–H groups in total. The number of aliphatic hydroxyl groups excluding tert-OH is 1. The minimum Gasteiger partial charge on any atom is -0.480 e. The van der Waals surface area contributed by atoms with E-state index in [1.807, 2.05) is 61.5 Å². The maximum absolute atomic E-state index is 11.8. The molecule has 0 amide bonds. The van der Waals surface area contributed by atoms with E-state index in [-0.39, 0.29) is 12.0 Å². The minimum atomic E-state index is -0.916. The summed E-state index contributed by atoms with van der Waals surface area (Å²) >= 11 is 0. The highest BCUT2D eigenvalue weighted by Gasteiger charge is 2.38. The van der Waals surface area contributed by atoms with Gasteiger partial charge in [-0.3, -0.25) is 10.1 Å². The zero-order chi connectivity index (χ0) is 17.1. The number of hydrogen-bond acceptors (Lipinski definition) is 3. The van der Waals surface area contributed by atoms with Gasteiger partial charge in [-0.1, -0.05) is 54.6 Å². The van der Waals surface area contributed by atoms with Crippen molar-refractivity contribution in [3.63, 3.8) is 0 Å². The average Bonchev–Trinajstić information content (AvgIpc) is 2.61. The van der Waals surface area contributed by atoms with Crippen molar-refractivity contribution in [2.75, 3.05) is 0 Å². The SMILES string of the molecule is C[C@@H](N[C@@H](C(=O)O)[C@@H]1CCc2ccccc2[C@H]1O)c1ccccc1. The molecule has 0 aromatic heterocycles. The van der Waals surface area contributed by atoms with Gasteiger partial charge in [0.15, 0.2) is 0 Å². The molecule has 24 heavy (non-hydrogen) atoms. The van der Waals surface area contributed by atoms with Crippen LogP contribution < -0.4 is 5.32 Å². The lowest BCUT2D eigenvalue weighted by Crippen LogP contribution is -2.47. The third-order valence-corrected chi connectivity index (χ3v) is 4.95. The second-order valence-corrected chi connectivity index (χ2v) is 6.46. The summed E-state index contributed by atoms with van der Waals surface area (Å²) in [4.78, 5) is 11.8. The van der Waals surface area contributed by atoms with Crippen LogP contribution in [0.4, 0.5) is 0 Å². The molecule has 0 bridgehead atoms. The first-order valence-electron chi connectivity index (χ1n) is 8.37. The van der Waals surface area contributed by atoms with Crippen LogP contribution in [0.1, 0.15) is 42.2 Å². The second-order valence-electron chi connectivity index (χ2n) is 6.46. The van der Waals surface area contributed by atoms with Crippen LogP contribution in [0.2, 0.25) is 0 Å². The predicted molar refractivity (Wildman–Crippen MR) is 92.6 cm³/mol. The lowest BCUT2D eigenvalue weighted by Gasteiger charge is -2.35. The highest BCUT2D eigenvalue weighted by atomic mass is 16.4. The Morgan fingerprint density at radius 3 is 2.50 bits per heavy atom. The molecule has 0 saturated heterocycles. The van der Waals surface area contributed by atoms with Gasteiger partial charge >= 0.3 is 5.97 Å². The number of rotatable bonds is 5. The van der Waals surface area contributed by atoms with E-state index < -0.39 is 18.1 Å². The third-order valence-electron chi connectivity index (χ3n) is 4.95. The van der Waals surface area contributed by atoms with E-state index in [2.05, 4.69) is 5.32 Å². The Morgan fingerprint density at radius 1 is 1.12 bits per heavy atom.